The highest BCUT2D eigenvalue weighted by atomic mass is 16.4. The van der Waals surface area contributed by atoms with E-state index in [1.165, 1.54) is 32.0 Å². The van der Waals surface area contributed by atoms with Crippen LogP contribution in [0.1, 0.15) is 24.2 Å². The fraction of sp³-hybridized carbons (Fsp3) is 0.133. The molecular formula is C15H16N2O4. The molecule has 0 bridgehead atoms. The molecule has 6 heteroatoms. The van der Waals surface area contributed by atoms with Crippen LogP contribution in [-0.4, -0.2) is 22.9 Å². The van der Waals surface area contributed by atoms with E-state index in [2.05, 4.69) is 23.8 Å². The van der Waals surface area contributed by atoms with Crippen molar-refractivity contribution in [2.45, 2.75) is 13.8 Å². The molecule has 2 amide bonds. The summed E-state index contributed by atoms with van der Waals surface area (Å²) in [5.41, 5.74) is 0.523. The second kappa shape index (κ2) is 6.51. The first kappa shape index (κ1) is 16.2. The number of aromatic carboxylic acids is 1. The Morgan fingerprint density at radius 2 is 1.52 bits per heavy atom. The average molecular weight is 288 g/mol. The molecule has 6 nitrogen and oxygen atoms in total. The van der Waals surface area contributed by atoms with Gasteiger partial charge < -0.3 is 15.7 Å². The largest absolute Gasteiger partial charge is 0.478 e. The molecule has 0 aromatic heterocycles. The summed E-state index contributed by atoms with van der Waals surface area (Å²) < 4.78 is 0. The minimum Gasteiger partial charge on any atom is -0.478 e. The number of hydrogen-bond acceptors (Lipinski definition) is 3. The number of para-hydroxylation sites is 1. The number of carbonyl (C=O) groups is 3. The Bertz CT molecular complexity index is 647. The van der Waals surface area contributed by atoms with Crippen LogP contribution in [0.15, 0.2) is 42.5 Å². The van der Waals surface area contributed by atoms with Gasteiger partial charge in [-0.25, -0.2) is 4.79 Å². The fourth-order valence-electron chi connectivity index (χ4n) is 1.42. The van der Waals surface area contributed by atoms with E-state index in [1.54, 1.807) is 0 Å². The summed E-state index contributed by atoms with van der Waals surface area (Å²) in [7, 11) is 0. The van der Waals surface area contributed by atoms with E-state index < -0.39 is 17.8 Å². The number of rotatable bonds is 5. The lowest BCUT2D eigenvalue weighted by Gasteiger charge is -2.14. The van der Waals surface area contributed by atoms with Crippen molar-refractivity contribution >= 4 is 29.2 Å². The van der Waals surface area contributed by atoms with Crippen molar-refractivity contribution in [2.24, 2.45) is 0 Å². The molecule has 1 aromatic carbocycles. The quantitative estimate of drug-likeness (QED) is 0.725. The molecule has 0 saturated heterocycles. The van der Waals surface area contributed by atoms with Gasteiger partial charge in [-0.05, 0) is 26.0 Å². The molecule has 0 radical (unpaired) electrons. The third-order valence-corrected chi connectivity index (χ3v) is 2.56. The van der Waals surface area contributed by atoms with E-state index in [1.807, 2.05) is 0 Å². The van der Waals surface area contributed by atoms with Gasteiger partial charge in [-0.2, -0.15) is 0 Å². The molecule has 0 aliphatic heterocycles. The van der Waals surface area contributed by atoms with Gasteiger partial charge in [0.25, 0.3) is 11.8 Å². The molecule has 0 unspecified atom stereocenters. The lowest BCUT2D eigenvalue weighted by molar-refractivity contribution is -0.113. The molecule has 0 aliphatic carbocycles. The van der Waals surface area contributed by atoms with Gasteiger partial charge in [-0.3, -0.25) is 9.59 Å². The van der Waals surface area contributed by atoms with Gasteiger partial charge in [0.2, 0.25) is 0 Å². The Hall–Kier alpha value is -2.89. The monoisotopic (exact) mass is 288 g/mol. The first-order valence-corrected chi connectivity index (χ1v) is 6.04. The Labute approximate surface area is 122 Å². The smallest absolute Gasteiger partial charge is 0.337 e. The van der Waals surface area contributed by atoms with Crippen LogP contribution in [0.5, 0.6) is 0 Å². The second-order valence-electron chi connectivity index (χ2n) is 4.50. The van der Waals surface area contributed by atoms with E-state index in [4.69, 9.17) is 0 Å². The predicted molar refractivity (Wildman–Crippen MR) is 80.3 cm³/mol. The third-order valence-electron chi connectivity index (χ3n) is 2.56. The topological polar surface area (TPSA) is 95.5 Å². The summed E-state index contributed by atoms with van der Waals surface area (Å²) in [4.78, 5) is 34.6. The van der Waals surface area contributed by atoms with Crippen molar-refractivity contribution < 1.29 is 19.5 Å². The molecule has 0 saturated carbocycles. The van der Waals surface area contributed by atoms with Crippen LogP contribution in [0.3, 0.4) is 0 Å². The van der Waals surface area contributed by atoms with E-state index in [9.17, 15) is 19.5 Å². The zero-order chi connectivity index (χ0) is 16.2. The van der Waals surface area contributed by atoms with Crippen LogP contribution in [0.2, 0.25) is 0 Å². The minimum atomic E-state index is -1.22. The van der Waals surface area contributed by atoms with Crippen LogP contribution in [-0.2, 0) is 9.59 Å². The van der Waals surface area contributed by atoms with Crippen molar-refractivity contribution in [3.63, 3.8) is 0 Å². The van der Waals surface area contributed by atoms with Gasteiger partial charge in [0, 0.05) is 11.1 Å². The van der Waals surface area contributed by atoms with Crippen molar-refractivity contribution in [3.8, 4) is 0 Å². The van der Waals surface area contributed by atoms with Crippen molar-refractivity contribution in [3.05, 3.63) is 48.1 Å². The third kappa shape index (κ3) is 4.04. The summed E-state index contributed by atoms with van der Waals surface area (Å²) in [6.07, 6.45) is 0. The number of carbonyl (C=O) groups excluding carboxylic acids is 2. The number of nitrogens with one attached hydrogen (secondary N) is 2. The predicted octanol–water partition coefficient (Wildman–Crippen LogP) is 2.41. The fourth-order valence-corrected chi connectivity index (χ4v) is 1.42. The molecule has 1 rings (SSSR count). The summed E-state index contributed by atoms with van der Waals surface area (Å²) >= 11 is 0. The molecule has 3 N–H and O–H groups in total. The number of carboxylic acid groups (broad SMARTS) is 1. The van der Waals surface area contributed by atoms with E-state index in [0.29, 0.717) is 0 Å². The molecule has 0 fully saturated rings. The van der Waals surface area contributed by atoms with Gasteiger partial charge in [0.1, 0.15) is 0 Å². The van der Waals surface area contributed by atoms with Crippen LogP contribution in [0.25, 0.3) is 0 Å². The SMILES string of the molecule is C=C(C)C(=O)Nc1cccc(C(=O)O)c1NC(=O)C(=C)C. The van der Waals surface area contributed by atoms with E-state index in [0.717, 1.165) is 0 Å². The Morgan fingerprint density at radius 3 is 2.00 bits per heavy atom. The summed E-state index contributed by atoms with van der Waals surface area (Å²) in [6, 6.07) is 4.28. The molecule has 0 heterocycles. The Kier molecular flexibility index (Phi) is 5.01. The molecule has 0 spiro atoms. The van der Waals surface area contributed by atoms with Gasteiger partial charge in [0.05, 0.1) is 16.9 Å². The summed E-state index contributed by atoms with van der Waals surface area (Å²) in [5.74, 6) is -2.23. The second-order valence-corrected chi connectivity index (χ2v) is 4.50. The molecule has 1 aromatic rings. The Morgan fingerprint density at radius 1 is 1.00 bits per heavy atom. The number of anilines is 2. The molecule has 21 heavy (non-hydrogen) atoms. The molecule has 110 valence electrons. The van der Waals surface area contributed by atoms with Crippen LogP contribution in [0, 0.1) is 0 Å². The maximum absolute atomic E-state index is 11.7. The van der Waals surface area contributed by atoms with Crippen LogP contribution < -0.4 is 10.6 Å². The van der Waals surface area contributed by atoms with E-state index >= 15 is 0 Å². The van der Waals surface area contributed by atoms with Gasteiger partial charge in [-0.15, -0.1) is 0 Å². The lowest BCUT2D eigenvalue weighted by Crippen LogP contribution is -2.19. The number of carboxylic acids is 1. The first-order chi connectivity index (χ1) is 9.73. The number of benzene rings is 1. The van der Waals surface area contributed by atoms with Gasteiger partial charge in [0.15, 0.2) is 0 Å². The van der Waals surface area contributed by atoms with Crippen LogP contribution >= 0.6 is 0 Å². The molecular weight excluding hydrogens is 272 g/mol. The maximum Gasteiger partial charge on any atom is 0.337 e. The standard InChI is InChI=1S/C15H16N2O4/c1-8(2)13(18)16-11-7-5-6-10(15(20)21)12(11)17-14(19)9(3)4/h5-7H,1,3H2,2,4H3,(H,16,18)(H,17,19)(H,20,21). The maximum atomic E-state index is 11.7. The molecule has 0 aliphatic rings. The lowest BCUT2D eigenvalue weighted by atomic mass is 10.1. The highest BCUT2D eigenvalue weighted by molar-refractivity contribution is 6.12. The zero-order valence-electron chi connectivity index (χ0n) is 11.8. The van der Waals surface area contributed by atoms with Crippen molar-refractivity contribution in [2.75, 3.05) is 10.6 Å². The number of hydrogen-bond donors (Lipinski definition) is 3. The zero-order valence-corrected chi connectivity index (χ0v) is 11.8. The minimum absolute atomic E-state index is 0.00704. The van der Waals surface area contributed by atoms with Crippen molar-refractivity contribution in [1.82, 2.24) is 0 Å². The summed E-state index contributed by atoms with van der Waals surface area (Å²) in [6.45, 7) is 9.99. The van der Waals surface area contributed by atoms with Gasteiger partial charge >= 0.3 is 5.97 Å². The Balaban J connectivity index is 3.29. The molecule has 0 atom stereocenters. The normalized spacial score (nSPS) is 9.62. The average Bonchev–Trinajstić information content (AvgIpc) is 2.39. The number of amides is 2. The van der Waals surface area contributed by atoms with Gasteiger partial charge in [-0.1, -0.05) is 19.2 Å². The highest BCUT2D eigenvalue weighted by Crippen LogP contribution is 2.27. The highest BCUT2D eigenvalue weighted by Gasteiger charge is 2.18. The van der Waals surface area contributed by atoms with Crippen molar-refractivity contribution in [1.29, 1.82) is 0 Å². The van der Waals surface area contributed by atoms with Crippen LogP contribution in [0.4, 0.5) is 11.4 Å². The first-order valence-electron chi connectivity index (χ1n) is 6.04. The van der Waals surface area contributed by atoms with E-state index in [-0.39, 0.29) is 28.1 Å². The summed E-state index contributed by atoms with van der Waals surface area (Å²) in [5, 5.41) is 14.1.